The largest absolute Gasteiger partial charge is 0.497 e. The zero-order valence-corrected chi connectivity index (χ0v) is 28.1. The normalized spacial score (nSPS) is 14.0. The fraction of sp³-hybridized carbons (Fsp3) is 0.297. The summed E-state index contributed by atoms with van der Waals surface area (Å²) in [4.78, 5) is 29.9. The van der Waals surface area contributed by atoms with E-state index in [1.165, 1.54) is 4.31 Å². The maximum atomic E-state index is 14.1. The lowest BCUT2D eigenvalue weighted by atomic mass is 10.0. The Bertz CT molecular complexity index is 1730. The van der Waals surface area contributed by atoms with Crippen molar-refractivity contribution in [3.05, 3.63) is 130 Å². The number of benzene rings is 4. The molecule has 4 aromatic carbocycles. The Labute approximate surface area is 282 Å². The van der Waals surface area contributed by atoms with Crippen LogP contribution in [0.25, 0.3) is 0 Å². The summed E-state index contributed by atoms with van der Waals surface area (Å²) in [5.41, 5.74) is 3.53. The van der Waals surface area contributed by atoms with Gasteiger partial charge >= 0.3 is 0 Å². The standard InChI is InChI=1S/C37H40ClN3O5S/c1-46-33-18-11-30(12-19-33)26-39-37(43)35(25-29-7-3-2-4-8-29)41(27-31-9-16-32(38)17-10-31)36(42)22-15-28-13-20-34(21-14-28)47(44,45)40-23-5-6-24-40/h2-4,7-14,16-21,35H,5-6,15,22-27H2,1H3,(H,39,43)/t35-/m1/s1. The zero-order chi connectivity index (χ0) is 33.2. The highest BCUT2D eigenvalue weighted by molar-refractivity contribution is 7.89. The second-order valence-corrected chi connectivity index (χ2v) is 14.0. The van der Waals surface area contributed by atoms with E-state index in [4.69, 9.17) is 16.3 Å². The Morgan fingerprint density at radius 3 is 2.09 bits per heavy atom. The molecule has 1 heterocycles. The second kappa shape index (κ2) is 16.1. The highest BCUT2D eigenvalue weighted by Gasteiger charge is 2.31. The predicted octanol–water partition coefficient (Wildman–Crippen LogP) is 6.02. The number of carbonyl (C=O) groups excluding carboxylic acids is 2. The monoisotopic (exact) mass is 673 g/mol. The van der Waals surface area contributed by atoms with Crippen molar-refractivity contribution in [2.24, 2.45) is 0 Å². The van der Waals surface area contributed by atoms with E-state index in [1.54, 1.807) is 48.4 Å². The molecule has 1 aliphatic rings. The van der Waals surface area contributed by atoms with Gasteiger partial charge in [-0.15, -0.1) is 0 Å². The molecule has 47 heavy (non-hydrogen) atoms. The van der Waals surface area contributed by atoms with Crippen LogP contribution in [-0.2, 0) is 45.5 Å². The molecule has 1 fully saturated rings. The van der Waals surface area contributed by atoms with Crippen molar-refractivity contribution in [2.75, 3.05) is 20.2 Å². The Morgan fingerprint density at radius 1 is 0.830 bits per heavy atom. The summed E-state index contributed by atoms with van der Waals surface area (Å²) in [6.45, 7) is 1.60. The van der Waals surface area contributed by atoms with Gasteiger partial charge in [-0.05, 0) is 77.9 Å². The van der Waals surface area contributed by atoms with Gasteiger partial charge in [-0.2, -0.15) is 4.31 Å². The molecule has 10 heteroatoms. The van der Waals surface area contributed by atoms with Crippen LogP contribution in [0.4, 0.5) is 0 Å². The van der Waals surface area contributed by atoms with Crippen LogP contribution < -0.4 is 10.1 Å². The average molecular weight is 674 g/mol. The quantitative estimate of drug-likeness (QED) is 0.177. The summed E-state index contributed by atoms with van der Waals surface area (Å²) in [5.74, 6) is 0.280. The topological polar surface area (TPSA) is 96.0 Å². The van der Waals surface area contributed by atoms with Crippen LogP contribution in [0.2, 0.25) is 5.02 Å². The maximum Gasteiger partial charge on any atom is 0.243 e. The third-order valence-corrected chi connectivity index (χ3v) is 10.6. The molecule has 0 unspecified atom stereocenters. The smallest absolute Gasteiger partial charge is 0.243 e. The van der Waals surface area contributed by atoms with E-state index in [0.717, 1.165) is 40.8 Å². The molecular formula is C37H40ClN3O5S. The predicted molar refractivity (Wildman–Crippen MR) is 184 cm³/mol. The number of carbonyl (C=O) groups is 2. The van der Waals surface area contributed by atoms with E-state index in [0.29, 0.717) is 37.5 Å². The van der Waals surface area contributed by atoms with Gasteiger partial charge in [0.15, 0.2) is 0 Å². The number of nitrogens with zero attached hydrogens (tertiary/aromatic N) is 2. The van der Waals surface area contributed by atoms with Crippen LogP contribution in [0, 0.1) is 0 Å². The van der Waals surface area contributed by atoms with Crippen molar-refractivity contribution in [2.45, 2.75) is 56.1 Å². The first kappa shape index (κ1) is 34.2. The Balaban J connectivity index is 1.36. The Kier molecular flexibility index (Phi) is 11.7. The minimum Gasteiger partial charge on any atom is -0.497 e. The van der Waals surface area contributed by atoms with Gasteiger partial charge in [-0.25, -0.2) is 8.42 Å². The van der Waals surface area contributed by atoms with Gasteiger partial charge in [0.1, 0.15) is 11.8 Å². The van der Waals surface area contributed by atoms with Crippen LogP contribution in [0.1, 0.15) is 41.5 Å². The highest BCUT2D eigenvalue weighted by atomic mass is 35.5. The van der Waals surface area contributed by atoms with Crippen LogP contribution in [-0.4, -0.2) is 55.7 Å². The van der Waals surface area contributed by atoms with Gasteiger partial charge in [0.05, 0.1) is 12.0 Å². The third kappa shape index (κ3) is 9.22. The van der Waals surface area contributed by atoms with E-state index in [2.05, 4.69) is 5.32 Å². The van der Waals surface area contributed by atoms with Crippen LogP contribution in [0.5, 0.6) is 5.75 Å². The molecule has 246 valence electrons. The highest BCUT2D eigenvalue weighted by Crippen LogP contribution is 2.23. The summed E-state index contributed by atoms with van der Waals surface area (Å²) in [6, 6.07) is 30.4. The summed E-state index contributed by atoms with van der Waals surface area (Å²) in [5, 5.41) is 3.63. The van der Waals surface area contributed by atoms with E-state index in [-0.39, 0.29) is 29.7 Å². The number of rotatable bonds is 14. The maximum absolute atomic E-state index is 14.1. The lowest BCUT2D eigenvalue weighted by Crippen LogP contribution is -2.50. The minimum absolute atomic E-state index is 0.142. The summed E-state index contributed by atoms with van der Waals surface area (Å²) in [6.07, 6.45) is 2.61. The number of sulfonamides is 1. The molecule has 0 aromatic heterocycles. The molecule has 0 saturated carbocycles. The molecule has 0 spiro atoms. The SMILES string of the molecule is COc1ccc(CNC(=O)[C@@H](Cc2ccccc2)N(Cc2ccc(Cl)cc2)C(=O)CCc2ccc(S(=O)(=O)N3CCCC3)cc2)cc1. The van der Waals surface area contributed by atoms with Crippen molar-refractivity contribution in [3.8, 4) is 5.75 Å². The molecule has 4 aromatic rings. The van der Waals surface area contributed by atoms with Gasteiger partial charge in [-0.3, -0.25) is 9.59 Å². The number of hydrogen-bond acceptors (Lipinski definition) is 5. The zero-order valence-electron chi connectivity index (χ0n) is 26.5. The van der Waals surface area contributed by atoms with Crippen LogP contribution in [0.3, 0.4) is 0 Å². The van der Waals surface area contributed by atoms with Gasteiger partial charge in [-0.1, -0.05) is 78.3 Å². The van der Waals surface area contributed by atoms with Crippen molar-refractivity contribution in [1.29, 1.82) is 0 Å². The first-order valence-corrected chi connectivity index (χ1v) is 17.6. The number of halogens is 1. The third-order valence-electron chi connectivity index (χ3n) is 8.42. The molecule has 5 rings (SSSR count). The van der Waals surface area contributed by atoms with E-state index in [9.17, 15) is 18.0 Å². The fourth-order valence-electron chi connectivity index (χ4n) is 5.69. The first-order chi connectivity index (χ1) is 22.7. The number of aryl methyl sites for hydroxylation is 1. The number of ether oxygens (including phenoxy) is 1. The number of nitrogens with one attached hydrogen (secondary N) is 1. The molecular weight excluding hydrogens is 634 g/mol. The van der Waals surface area contributed by atoms with Crippen molar-refractivity contribution in [1.82, 2.24) is 14.5 Å². The van der Waals surface area contributed by atoms with Gasteiger partial charge < -0.3 is 15.0 Å². The second-order valence-electron chi connectivity index (χ2n) is 11.7. The van der Waals surface area contributed by atoms with Crippen molar-refractivity contribution in [3.63, 3.8) is 0 Å². The van der Waals surface area contributed by atoms with E-state index < -0.39 is 16.1 Å². The van der Waals surface area contributed by atoms with Gasteiger partial charge in [0.25, 0.3) is 0 Å². The van der Waals surface area contributed by atoms with Gasteiger partial charge in [0, 0.05) is 44.0 Å². The summed E-state index contributed by atoms with van der Waals surface area (Å²) in [7, 11) is -1.92. The lowest BCUT2D eigenvalue weighted by molar-refractivity contribution is -0.141. The number of hydrogen-bond donors (Lipinski definition) is 1. The molecule has 1 N–H and O–H groups in total. The van der Waals surface area contributed by atoms with E-state index in [1.807, 2.05) is 66.7 Å². The Hall–Kier alpha value is -4.18. The van der Waals surface area contributed by atoms with Crippen molar-refractivity contribution >= 4 is 33.4 Å². The Morgan fingerprint density at radius 2 is 1.45 bits per heavy atom. The molecule has 1 aliphatic heterocycles. The van der Waals surface area contributed by atoms with Crippen LogP contribution in [0.15, 0.2) is 108 Å². The fourth-order valence-corrected chi connectivity index (χ4v) is 7.33. The summed E-state index contributed by atoms with van der Waals surface area (Å²) >= 11 is 6.15. The first-order valence-electron chi connectivity index (χ1n) is 15.8. The minimum atomic E-state index is -3.52. The molecule has 2 amide bonds. The lowest BCUT2D eigenvalue weighted by Gasteiger charge is -2.32. The molecule has 0 aliphatic carbocycles. The molecule has 1 atom stereocenters. The van der Waals surface area contributed by atoms with E-state index >= 15 is 0 Å². The number of amides is 2. The van der Waals surface area contributed by atoms with Crippen LogP contribution >= 0.6 is 11.6 Å². The average Bonchev–Trinajstić information content (AvgIpc) is 3.66. The van der Waals surface area contributed by atoms with Gasteiger partial charge in [0.2, 0.25) is 21.8 Å². The molecule has 0 radical (unpaired) electrons. The molecule has 0 bridgehead atoms. The molecule has 8 nitrogen and oxygen atoms in total. The molecule has 1 saturated heterocycles. The number of methoxy groups -OCH3 is 1. The summed E-state index contributed by atoms with van der Waals surface area (Å²) < 4.78 is 32.7. The van der Waals surface area contributed by atoms with Crippen molar-refractivity contribution < 1.29 is 22.7 Å².